The van der Waals surface area contributed by atoms with Gasteiger partial charge in [-0.05, 0) is 37.1 Å². The van der Waals surface area contributed by atoms with Crippen molar-refractivity contribution >= 4 is 21.6 Å². The first-order valence-electron chi connectivity index (χ1n) is 7.40. The Bertz CT molecular complexity index is 626. The van der Waals surface area contributed by atoms with E-state index in [1.165, 1.54) is 21.3 Å². The number of piperazine rings is 1. The van der Waals surface area contributed by atoms with Gasteiger partial charge in [0.2, 0.25) is 0 Å². The number of hydrogen-bond acceptors (Lipinski definition) is 2. The maximum absolute atomic E-state index is 3.68. The van der Waals surface area contributed by atoms with Crippen LogP contribution in [-0.2, 0) is 5.54 Å². The van der Waals surface area contributed by atoms with E-state index in [2.05, 4.69) is 88.5 Å². The van der Waals surface area contributed by atoms with E-state index in [1.54, 1.807) is 0 Å². The molecule has 1 atom stereocenters. The topological polar surface area (TPSA) is 15.3 Å². The monoisotopic (exact) mass is 344 g/mol. The third kappa shape index (κ3) is 2.99. The summed E-state index contributed by atoms with van der Waals surface area (Å²) in [7, 11) is 0. The van der Waals surface area contributed by atoms with Gasteiger partial charge in [-0.25, -0.2) is 0 Å². The summed E-state index contributed by atoms with van der Waals surface area (Å²) < 4.78 is 1.18. The highest BCUT2D eigenvalue weighted by atomic mass is 79.9. The second-order valence-corrected chi connectivity index (χ2v) is 6.83. The maximum atomic E-state index is 3.68. The van der Waals surface area contributed by atoms with Crippen molar-refractivity contribution in [3.8, 4) is 0 Å². The van der Waals surface area contributed by atoms with Crippen LogP contribution in [0.5, 0.6) is 0 Å². The second kappa shape index (κ2) is 5.82. The highest BCUT2D eigenvalue weighted by Crippen LogP contribution is 2.29. The SMILES string of the molecule is Cc1ccc(N2CCNC(C)(c3ccccc3)C2)cc1Br. The normalized spacial score (nSPS) is 22.3. The molecule has 1 aliphatic heterocycles. The first-order valence-corrected chi connectivity index (χ1v) is 8.19. The predicted molar refractivity (Wildman–Crippen MR) is 92.9 cm³/mol. The van der Waals surface area contributed by atoms with E-state index < -0.39 is 0 Å². The number of anilines is 1. The molecule has 1 N–H and O–H groups in total. The van der Waals surface area contributed by atoms with E-state index in [0.717, 1.165) is 19.6 Å². The molecule has 3 heteroatoms. The molecule has 2 aromatic carbocycles. The number of rotatable bonds is 2. The van der Waals surface area contributed by atoms with Crippen LogP contribution in [0.3, 0.4) is 0 Å². The molecule has 0 saturated carbocycles. The molecule has 1 aliphatic rings. The minimum Gasteiger partial charge on any atom is -0.368 e. The molecule has 110 valence electrons. The number of nitrogens with zero attached hydrogens (tertiary/aromatic N) is 1. The van der Waals surface area contributed by atoms with E-state index >= 15 is 0 Å². The van der Waals surface area contributed by atoms with Crippen LogP contribution in [-0.4, -0.2) is 19.6 Å². The highest BCUT2D eigenvalue weighted by molar-refractivity contribution is 9.10. The smallest absolute Gasteiger partial charge is 0.0584 e. The zero-order valence-electron chi connectivity index (χ0n) is 12.6. The fourth-order valence-electron chi connectivity index (χ4n) is 2.98. The van der Waals surface area contributed by atoms with Crippen LogP contribution in [0, 0.1) is 6.92 Å². The van der Waals surface area contributed by atoms with Gasteiger partial charge in [0.1, 0.15) is 0 Å². The lowest BCUT2D eigenvalue weighted by Crippen LogP contribution is -2.56. The molecule has 0 bridgehead atoms. The summed E-state index contributed by atoms with van der Waals surface area (Å²) in [4.78, 5) is 2.47. The molecule has 1 saturated heterocycles. The van der Waals surface area contributed by atoms with E-state index in [-0.39, 0.29) is 5.54 Å². The van der Waals surface area contributed by atoms with E-state index in [9.17, 15) is 0 Å². The van der Waals surface area contributed by atoms with E-state index in [4.69, 9.17) is 0 Å². The van der Waals surface area contributed by atoms with Crippen molar-refractivity contribution in [1.82, 2.24) is 5.32 Å². The van der Waals surface area contributed by atoms with Gasteiger partial charge < -0.3 is 10.2 Å². The van der Waals surface area contributed by atoms with Crippen molar-refractivity contribution in [1.29, 1.82) is 0 Å². The van der Waals surface area contributed by atoms with E-state index in [0.29, 0.717) is 0 Å². The van der Waals surface area contributed by atoms with Crippen LogP contribution >= 0.6 is 15.9 Å². The Hall–Kier alpha value is -1.32. The summed E-state index contributed by atoms with van der Waals surface area (Å²) in [5.74, 6) is 0. The lowest BCUT2D eigenvalue weighted by atomic mass is 9.89. The molecule has 1 heterocycles. The van der Waals surface area contributed by atoms with Crippen LogP contribution in [0.4, 0.5) is 5.69 Å². The number of halogens is 1. The number of nitrogens with one attached hydrogen (secondary N) is 1. The summed E-state index contributed by atoms with van der Waals surface area (Å²) in [5, 5.41) is 3.68. The van der Waals surface area contributed by atoms with Gasteiger partial charge in [-0.3, -0.25) is 0 Å². The van der Waals surface area contributed by atoms with Gasteiger partial charge in [0.05, 0.1) is 5.54 Å². The molecule has 1 fully saturated rings. The van der Waals surface area contributed by atoms with Gasteiger partial charge in [0, 0.05) is 29.8 Å². The molecular formula is C18H21BrN2. The number of hydrogen-bond donors (Lipinski definition) is 1. The third-order valence-corrected chi connectivity index (χ3v) is 5.19. The van der Waals surface area contributed by atoms with E-state index in [1.807, 2.05) is 0 Å². The van der Waals surface area contributed by atoms with Gasteiger partial charge in [0.15, 0.2) is 0 Å². The zero-order valence-corrected chi connectivity index (χ0v) is 14.2. The summed E-state index contributed by atoms with van der Waals surface area (Å²) in [5.41, 5.74) is 3.91. The summed E-state index contributed by atoms with van der Waals surface area (Å²) in [6.07, 6.45) is 0. The number of benzene rings is 2. The van der Waals surface area contributed by atoms with Crippen molar-refractivity contribution in [2.24, 2.45) is 0 Å². The largest absolute Gasteiger partial charge is 0.368 e. The van der Waals surface area contributed by atoms with Crippen molar-refractivity contribution in [3.63, 3.8) is 0 Å². The van der Waals surface area contributed by atoms with Gasteiger partial charge in [0.25, 0.3) is 0 Å². The molecule has 0 spiro atoms. The predicted octanol–water partition coefficient (Wildman–Crippen LogP) is 4.08. The van der Waals surface area contributed by atoms with Gasteiger partial charge >= 0.3 is 0 Å². The highest BCUT2D eigenvalue weighted by Gasteiger charge is 2.32. The molecule has 2 nitrogen and oxygen atoms in total. The van der Waals surface area contributed by atoms with Crippen LogP contribution < -0.4 is 10.2 Å². The summed E-state index contributed by atoms with van der Waals surface area (Å²) in [6.45, 7) is 7.43. The molecule has 2 aromatic rings. The fraction of sp³-hybridized carbons (Fsp3) is 0.333. The average Bonchev–Trinajstić information content (AvgIpc) is 2.51. The summed E-state index contributed by atoms with van der Waals surface area (Å²) in [6, 6.07) is 17.4. The van der Waals surface area contributed by atoms with Gasteiger partial charge in [-0.1, -0.05) is 52.3 Å². The van der Waals surface area contributed by atoms with Crippen LogP contribution in [0.25, 0.3) is 0 Å². The van der Waals surface area contributed by atoms with Gasteiger partial charge in [-0.2, -0.15) is 0 Å². The van der Waals surface area contributed by atoms with Crippen LogP contribution in [0.15, 0.2) is 53.0 Å². The van der Waals surface area contributed by atoms with Crippen molar-refractivity contribution in [2.45, 2.75) is 19.4 Å². The average molecular weight is 345 g/mol. The Labute approximate surface area is 135 Å². The fourth-order valence-corrected chi connectivity index (χ4v) is 3.35. The summed E-state index contributed by atoms with van der Waals surface area (Å²) >= 11 is 3.64. The Morgan fingerprint density at radius 1 is 1.14 bits per heavy atom. The minimum atomic E-state index is -0.00310. The maximum Gasteiger partial charge on any atom is 0.0584 e. The molecule has 1 unspecified atom stereocenters. The Balaban J connectivity index is 1.87. The zero-order chi connectivity index (χ0) is 14.9. The Kier molecular flexibility index (Phi) is 4.05. The molecule has 0 aliphatic carbocycles. The minimum absolute atomic E-state index is 0.00310. The first kappa shape index (κ1) is 14.6. The lowest BCUT2D eigenvalue weighted by molar-refractivity contribution is 0.332. The second-order valence-electron chi connectivity index (χ2n) is 5.98. The molecule has 21 heavy (non-hydrogen) atoms. The first-order chi connectivity index (χ1) is 10.1. The third-order valence-electron chi connectivity index (χ3n) is 4.34. The van der Waals surface area contributed by atoms with Crippen molar-refractivity contribution < 1.29 is 0 Å². The van der Waals surface area contributed by atoms with Crippen LogP contribution in [0.1, 0.15) is 18.1 Å². The number of aryl methyl sites for hydroxylation is 1. The molecule has 3 rings (SSSR count). The molecule has 0 amide bonds. The quantitative estimate of drug-likeness (QED) is 0.882. The van der Waals surface area contributed by atoms with Crippen molar-refractivity contribution in [3.05, 3.63) is 64.1 Å². The lowest BCUT2D eigenvalue weighted by Gasteiger charge is -2.43. The van der Waals surface area contributed by atoms with Gasteiger partial charge in [-0.15, -0.1) is 0 Å². The molecular weight excluding hydrogens is 324 g/mol. The molecule has 0 aromatic heterocycles. The van der Waals surface area contributed by atoms with Crippen LogP contribution in [0.2, 0.25) is 0 Å². The Morgan fingerprint density at radius 3 is 2.62 bits per heavy atom. The van der Waals surface area contributed by atoms with Crippen molar-refractivity contribution in [2.75, 3.05) is 24.5 Å². The Morgan fingerprint density at radius 2 is 1.90 bits per heavy atom. The standard InChI is InChI=1S/C18H21BrN2/c1-14-8-9-16(12-17(14)19)21-11-10-20-18(2,13-21)15-6-4-3-5-7-15/h3-9,12,20H,10-11,13H2,1-2H3. The molecule has 0 radical (unpaired) electrons.